The molecule has 0 spiro atoms. The first-order chi connectivity index (χ1) is 12.1. The number of aliphatic hydroxyl groups is 1. The summed E-state index contributed by atoms with van der Waals surface area (Å²) >= 11 is 0. The first kappa shape index (κ1) is 19.4. The van der Waals surface area contributed by atoms with E-state index in [1.807, 2.05) is 19.2 Å². The summed E-state index contributed by atoms with van der Waals surface area (Å²) in [5.41, 5.74) is 1.78. The van der Waals surface area contributed by atoms with Crippen molar-refractivity contribution in [3.8, 4) is 5.75 Å². The van der Waals surface area contributed by atoms with Crippen molar-refractivity contribution in [1.29, 1.82) is 0 Å². The van der Waals surface area contributed by atoms with Crippen LogP contribution in [0.2, 0.25) is 0 Å². The molecule has 0 heterocycles. The average Bonchev–Trinajstić information content (AvgIpc) is 2.61. The third-order valence-electron chi connectivity index (χ3n) is 3.98. The van der Waals surface area contributed by atoms with Gasteiger partial charge in [0.15, 0.2) is 0 Å². The summed E-state index contributed by atoms with van der Waals surface area (Å²) in [6.07, 6.45) is 0.119. The molecule has 136 valence electrons. The smallest absolute Gasteiger partial charge is 0.123 e. The molecular weight excluding hydrogens is 319 g/mol. The van der Waals surface area contributed by atoms with Crippen molar-refractivity contribution < 1.29 is 14.2 Å². The van der Waals surface area contributed by atoms with Gasteiger partial charge in [-0.2, -0.15) is 0 Å². The third kappa shape index (κ3) is 6.82. The highest BCUT2D eigenvalue weighted by Crippen LogP contribution is 2.15. The molecule has 0 aliphatic rings. The second-order valence-corrected chi connectivity index (χ2v) is 6.18. The van der Waals surface area contributed by atoms with Gasteiger partial charge in [0.2, 0.25) is 0 Å². The van der Waals surface area contributed by atoms with E-state index in [1.54, 1.807) is 12.1 Å². The van der Waals surface area contributed by atoms with Crippen molar-refractivity contribution >= 4 is 0 Å². The minimum Gasteiger partial charge on any atom is -0.492 e. The predicted octanol–water partition coefficient (Wildman–Crippen LogP) is 2.68. The molecule has 0 bridgehead atoms. The van der Waals surface area contributed by atoms with Crippen molar-refractivity contribution in [3.05, 3.63) is 65.5 Å². The first-order valence-corrected chi connectivity index (χ1v) is 8.61. The van der Waals surface area contributed by atoms with Gasteiger partial charge < -0.3 is 20.5 Å². The largest absolute Gasteiger partial charge is 0.492 e. The van der Waals surface area contributed by atoms with E-state index in [4.69, 9.17) is 4.74 Å². The fraction of sp³-hybridized carbons (Fsp3) is 0.400. The number of likely N-dealkylation sites (N-methyl/N-ethyl adjacent to an activating group) is 1. The molecule has 2 unspecified atom stereocenters. The van der Waals surface area contributed by atoms with Gasteiger partial charge in [0.05, 0.1) is 6.10 Å². The van der Waals surface area contributed by atoms with Gasteiger partial charge in [-0.1, -0.05) is 24.3 Å². The van der Waals surface area contributed by atoms with E-state index in [0.29, 0.717) is 18.7 Å². The summed E-state index contributed by atoms with van der Waals surface area (Å²) in [7, 11) is 1.89. The molecule has 5 heteroatoms. The Bertz CT molecular complexity index is 634. The van der Waals surface area contributed by atoms with E-state index < -0.39 is 6.10 Å². The molecule has 2 atom stereocenters. The zero-order chi connectivity index (χ0) is 18.1. The highest BCUT2D eigenvalue weighted by molar-refractivity contribution is 5.27. The van der Waals surface area contributed by atoms with Crippen molar-refractivity contribution in [2.75, 3.05) is 26.7 Å². The fourth-order valence-corrected chi connectivity index (χ4v) is 2.56. The maximum absolute atomic E-state index is 13.2. The van der Waals surface area contributed by atoms with Gasteiger partial charge in [-0.15, -0.1) is 0 Å². The van der Waals surface area contributed by atoms with Crippen LogP contribution in [0.25, 0.3) is 0 Å². The number of nitrogens with one attached hydrogen (secondary N) is 2. The van der Waals surface area contributed by atoms with E-state index in [0.717, 1.165) is 18.7 Å². The number of rotatable bonds is 10. The number of hydrogen-bond donors (Lipinski definition) is 3. The zero-order valence-electron chi connectivity index (χ0n) is 14.8. The molecule has 0 saturated carbocycles. The van der Waals surface area contributed by atoms with Gasteiger partial charge in [0.1, 0.15) is 18.2 Å². The van der Waals surface area contributed by atoms with Gasteiger partial charge in [-0.3, -0.25) is 0 Å². The Morgan fingerprint density at radius 1 is 1.16 bits per heavy atom. The molecule has 2 aromatic carbocycles. The van der Waals surface area contributed by atoms with Crippen molar-refractivity contribution in [2.24, 2.45) is 0 Å². The lowest BCUT2D eigenvalue weighted by atomic mass is 10.1. The molecule has 2 aromatic rings. The molecule has 0 amide bonds. The topological polar surface area (TPSA) is 53.5 Å². The highest BCUT2D eigenvalue weighted by atomic mass is 19.1. The molecule has 0 aliphatic heterocycles. The van der Waals surface area contributed by atoms with Crippen LogP contribution in [0.5, 0.6) is 5.75 Å². The molecule has 0 fully saturated rings. The highest BCUT2D eigenvalue weighted by Gasteiger charge is 2.10. The second-order valence-electron chi connectivity index (χ2n) is 6.18. The van der Waals surface area contributed by atoms with Gasteiger partial charge >= 0.3 is 0 Å². The number of halogens is 1. The molecule has 0 radical (unpaired) electrons. The lowest BCUT2D eigenvalue weighted by Gasteiger charge is -2.18. The number of hydrogen-bond acceptors (Lipinski definition) is 4. The third-order valence-corrected chi connectivity index (χ3v) is 3.98. The van der Waals surface area contributed by atoms with Gasteiger partial charge in [0, 0.05) is 19.1 Å². The number of ether oxygens (including phenoxy) is 1. The molecule has 0 aliphatic carbocycles. The standard InChI is InChI=1S/C20H27FN2O2/c1-15(23-14-20(24)17-4-3-5-18(21)13-17)12-16-6-8-19(9-7-16)25-11-10-22-2/h3-9,13,15,20,22-24H,10-12,14H2,1-2H3. The quantitative estimate of drug-likeness (QED) is 0.579. The van der Waals surface area contributed by atoms with E-state index in [1.165, 1.54) is 17.7 Å². The first-order valence-electron chi connectivity index (χ1n) is 8.61. The Kier molecular flexibility index (Phi) is 7.85. The lowest BCUT2D eigenvalue weighted by Crippen LogP contribution is -2.32. The van der Waals surface area contributed by atoms with Crippen molar-refractivity contribution in [2.45, 2.75) is 25.5 Å². The van der Waals surface area contributed by atoms with Gasteiger partial charge in [-0.25, -0.2) is 4.39 Å². The van der Waals surface area contributed by atoms with Crippen molar-refractivity contribution in [3.63, 3.8) is 0 Å². The Balaban J connectivity index is 1.76. The summed E-state index contributed by atoms with van der Waals surface area (Å²) < 4.78 is 18.8. The second kappa shape index (κ2) is 10.1. The Labute approximate surface area is 149 Å². The lowest BCUT2D eigenvalue weighted by molar-refractivity contribution is 0.170. The Hall–Kier alpha value is -1.95. The minimum atomic E-state index is -0.721. The normalized spacial score (nSPS) is 13.4. The molecule has 0 aromatic heterocycles. The maximum atomic E-state index is 13.2. The number of aliphatic hydroxyl groups excluding tert-OH is 1. The molecule has 0 saturated heterocycles. The van der Waals surface area contributed by atoms with Crippen LogP contribution in [-0.2, 0) is 6.42 Å². The molecule has 25 heavy (non-hydrogen) atoms. The van der Waals surface area contributed by atoms with Crippen LogP contribution in [0.1, 0.15) is 24.2 Å². The molecule has 4 nitrogen and oxygen atoms in total. The molecule has 3 N–H and O–H groups in total. The maximum Gasteiger partial charge on any atom is 0.123 e. The monoisotopic (exact) mass is 346 g/mol. The van der Waals surface area contributed by atoms with Crippen LogP contribution in [-0.4, -0.2) is 37.9 Å². The summed E-state index contributed by atoms with van der Waals surface area (Å²) in [5, 5.41) is 16.5. The molecule has 2 rings (SSSR count). The SMILES string of the molecule is CNCCOc1ccc(CC(C)NCC(O)c2cccc(F)c2)cc1. The van der Waals surface area contributed by atoms with Crippen LogP contribution < -0.4 is 15.4 Å². The predicted molar refractivity (Wildman–Crippen MR) is 98.4 cm³/mol. The van der Waals surface area contributed by atoms with Crippen LogP contribution in [0, 0.1) is 5.82 Å². The zero-order valence-corrected chi connectivity index (χ0v) is 14.8. The Morgan fingerprint density at radius 3 is 2.60 bits per heavy atom. The fourth-order valence-electron chi connectivity index (χ4n) is 2.56. The number of benzene rings is 2. The van der Waals surface area contributed by atoms with Crippen LogP contribution >= 0.6 is 0 Å². The van der Waals surface area contributed by atoms with Crippen LogP contribution in [0.15, 0.2) is 48.5 Å². The van der Waals surface area contributed by atoms with Crippen molar-refractivity contribution in [1.82, 2.24) is 10.6 Å². The van der Waals surface area contributed by atoms with Gasteiger partial charge in [-0.05, 0) is 55.8 Å². The van der Waals surface area contributed by atoms with E-state index in [-0.39, 0.29) is 11.9 Å². The molecular formula is C20H27FN2O2. The van der Waals surface area contributed by atoms with E-state index in [2.05, 4.69) is 29.7 Å². The average molecular weight is 346 g/mol. The summed E-state index contributed by atoms with van der Waals surface area (Å²) in [4.78, 5) is 0. The van der Waals surface area contributed by atoms with Crippen LogP contribution in [0.4, 0.5) is 4.39 Å². The van der Waals surface area contributed by atoms with Crippen LogP contribution in [0.3, 0.4) is 0 Å². The summed E-state index contributed by atoms with van der Waals surface area (Å²) in [6, 6.07) is 14.3. The summed E-state index contributed by atoms with van der Waals surface area (Å²) in [6.45, 7) is 3.91. The van der Waals surface area contributed by atoms with Gasteiger partial charge in [0.25, 0.3) is 0 Å². The Morgan fingerprint density at radius 2 is 1.92 bits per heavy atom. The summed E-state index contributed by atoms with van der Waals surface area (Å²) in [5.74, 6) is 0.530. The minimum absolute atomic E-state index is 0.194. The van der Waals surface area contributed by atoms with E-state index in [9.17, 15) is 9.50 Å². The van der Waals surface area contributed by atoms with E-state index >= 15 is 0 Å².